The van der Waals surface area contributed by atoms with Crippen molar-refractivity contribution in [1.82, 2.24) is 20.3 Å². The molecule has 0 spiro atoms. The number of non-ortho nitro benzene ring substituents is 1. The minimum absolute atomic E-state index is 0.00162. The van der Waals surface area contributed by atoms with Gasteiger partial charge in [0.15, 0.2) is 0 Å². The van der Waals surface area contributed by atoms with Crippen molar-refractivity contribution < 1.29 is 14.8 Å². The molecule has 29 heavy (non-hydrogen) atoms. The van der Waals surface area contributed by atoms with Gasteiger partial charge in [-0.25, -0.2) is 9.78 Å². The highest BCUT2D eigenvalue weighted by molar-refractivity contribution is 5.83. The van der Waals surface area contributed by atoms with Crippen molar-refractivity contribution in [2.45, 2.75) is 12.5 Å². The van der Waals surface area contributed by atoms with E-state index in [-0.39, 0.29) is 5.69 Å². The van der Waals surface area contributed by atoms with E-state index in [2.05, 4.69) is 20.3 Å². The SMILES string of the molecule is O=C(O)N[C@H](Cc1c[nH]c2ccccc12)c1ncc(-c2ccc([N+](=O)[O-])cc2)[nH]1. The minimum Gasteiger partial charge on any atom is -0.465 e. The second-order valence-electron chi connectivity index (χ2n) is 6.55. The van der Waals surface area contributed by atoms with E-state index in [1.165, 1.54) is 12.1 Å². The van der Waals surface area contributed by atoms with E-state index >= 15 is 0 Å². The van der Waals surface area contributed by atoms with Crippen molar-refractivity contribution >= 4 is 22.7 Å². The standard InChI is InChI=1S/C20H17N5O4/c26-20(27)24-17(9-13-10-21-16-4-2-1-3-15(13)16)19-22-11-18(23-19)12-5-7-14(8-6-12)25(28)29/h1-8,10-11,17,21,24H,9H2,(H,22,23)(H,26,27)/t17-/m1/s1. The third-order valence-corrected chi connectivity index (χ3v) is 4.71. The van der Waals surface area contributed by atoms with Crippen LogP contribution in [-0.2, 0) is 6.42 Å². The van der Waals surface area contributed by atoms with Crippen LogP contribution in [0.1, 0.15) is 17.4 Å². The largest absolute Gasteiger partial charge is 0.465 e. The summed E-state index contributed by atoms with van der Waals surface area (Å²) in [5.41, 5.74) is 3.30. The first-order valence-corrected chi connectivity index (χ1v) is 8.85. The first-order chi connectivity index (χ1) is 14.0. The number of nitrogens with zero attached hydrogens (tertiary/aromatic N) is 2. The Labute approximate surface area is 164 Å². The first-order valence-electron chi connectivity index (χ1n) is 8.85. The van der Waals surface area contributed by atoms with Crippen molar-refractivity contribution in [3.8, 4) is 11.3 Å². The molecule has 2 aromatic carbocycles. The number of hydrogen-bond acceptors (Lipinski definition) is 4. The van der Waals surface area contributed by atoms with Crippen LogP contribution in [0.2, 0.25) is 0 Å². The van der Waals surface area contributed by atoms with E-state index in [1.807, 2.05) is 30.5 Å². The van der Waals surface area contributed by atoms with Crippen LogP contribution in [0.4, 0.5) is 10.5 Å². The number of aromatic amines is 2. The molecular formula is C20H17N5O4. The number of fused-ring (bicyclic) bond motifs is 1. The molecule has 9 nitrogen and oxygen atoms in total. The Morgan fingerprint density at radius 3 is 2.69 bits per heavy atom. The number of carbonyl (C=O) groups is 1. The number of nitro benzene ring substituents is 1. The highest BCUT2D eigenvalue weighted by Crippen LogP contribution is 2.26. The Hall–Kier alpha value is -4.14. The molecule has 146 valence electrons. The molecule has 4 N–H and O–H groups in total. The number of para-hydroxylation sites is 1. The maximum absolute atomic E-state index is 11.3. The fourth-order valence-electron chi connectivity index (χ4n) is 3.31. The van der Waals surface area contributed by atoms with E-state index < -0.39 is 17.1 Å². The van der Waals surface area contributed by atoms with Crippen LogP contribution in [0.3, 0.4) is 0 Å². The van der Waals surface area contributed by atoms with Crippen LogP contribution >= 0.6 is 0 Å². The molecule has 4 rings (SSSR count). The predicted octanol–water partition coefficient (Wildman–Crippen LogP) is 4.02. The molecule has 0 aliphatic rings. The quantitative estimate of drug-likeness (QED) is 0.291. The number of nitrogens with one attached hydrogen (secondary N) is 3. The summed E-state index contributed by atoms with van der Waals surface area (Å²) >= 11 is 0. The van der Waals surface area contributed by atoms with Crippen LogP contribution in [0.15, 0.2) is 60.9 Å². The fourth-order valence-corrected chi connectivity index (χ4v) is 3.31. The van der Waals surface area contributed by atoms with Gasteiger partial charge in [0.1, 0.15) is 5.82 Å². The highest BCUT2D eigenvalue weighted by Gasteiger charge is 2.20. The smallest absolute Gasteiger partial charge is 0.405 e. The third kappa shape index (κ3) is 3.79. The summed E-state index contributed by atoms with van der Waals surface area (Å²) in [6.45, 7) is 0. The lowest BCUT2D eigenvalue weighted by Crippen LogP contribution is -2.29. The zero-order chi connectivity index (χ0) is 20.4. The number of benzene rings is 2. The van der Waals surface area contributed by atoms with Crippen molar-refractivity contribution in [1.29, 1.82) is 0 Å². The molecule has 2 heterocycles. The monoisotopic (exact) mass is 391 g/mol. The Balaban J connectivity index is 1.62. The van der Waals surface area contributed by atoms with Gasteiger partial charge in [0, 0.05) is 41.2 Å². The number of H-pyrrole nitrogens is 2. The van der Waals surface area contributed by atoms with E-state index in [0.717, 1.165) is 22.0 Å². The van der Waals surface area contributed by atoms with E-state index in [4.69, 9.17) is 0 Å². The molecule has 0 fully saturated rings. The van der Waals surface area contributed by atoms with Gasteiger partial charge in [-0.2, -0.15) is 0 Å². The van der Waals surface area contributed by atoms with Gasteiger partial charge in [-0.3, -0.25) is 10.1 Å². The lowest BCUT2D eigenvalue weighted by molar-refractivity contribution is -0.384. The van der Waals surface area contributed by atoms with Crippen LogP contribution in [0, 0.1) is 10.1 Å². The molecule has 0 bridgehead atoms. The van der Waals surface area contributed by atoms with E-state index in [0.29, 0.717) is 17.9 Å². The lowest BCUT2D eigenvalue weighted by atomic mass is 10.0. The second-order valence-corrected chi connectivity index (χ2v) is 6.55. The molecule has 0 radical (unpaired) electrons. The van der Waals surface area contributed by atoms with Crippen LogP contribution < -0.4 is 5.32 Å². The van der Waals surface area contributed by atoms with Gasteiger partial charge in [0.2, 0.25) is 0 Å². The fraction of sp³-hybridized carbons (Fsp3) is 0.100. The zero-order valence-corrected chi connectivity index (χ0v) is 15.1. The summed E-state index contributed by atoms with van der Waals surface area (Å²) in [6.07, 6.45) is 2.70. The Kier molecular flexibility index (Phi) is 4.70. The average molecular weight is 391 g/mol. The average Bonchev–Trinajstić information content (AvgIpc) is 3.35. The number of aromatic nitrogens is 3. The summed E-state index contributed by atoms with van der Waals surface area (Å²) in [6, 6.07) is 13.3. The maximum atomic E-state index is 11.3. The number of amides is 1. The van der Waals surface area contributed by atoms with E-state index in [9.17, 15) is 20.0 Å². The highest BCUT2D eigenvalue weighted by atomic mass is 16.6. The van der Waals surface area contributed by atoms with Crippen molar-refractivity contribution in [3.63, 3.8) is 0 Å². The number of hydrogen-bond donors (Lipinski definition) is 4. The molecule has 4 aromatic rings. The number of nitro groups is 1. The zero-order valence-electron chi connectivity index (χ0n) is 15.1. The van der Waals surface area contributed by atoms with E-state index in [1.54, 1.807) is 18.3 Å². The van der Waals surface area contributed by atoms with Crippen LogP contribution in [0.5, 0.6) is 0 Å². The summed E-state index contributed by atoms with van der Waals surface area (Å²) in [7, 11) is 0. The van der Waals surface area contributed by atoms with Gasteiger partial charge in [0.05, 0.1) is 22.9 Å². The van der Waals surface area contributed by atoms with Gasteiger partial charge >= 0.3 is 6.09 Å². The predicted molar refractivity (Wildman–Crippen MR) is 107 cm³/mol. The Bertz CT molecular complexity index is 1180. The molecular weight excluding hydrogens is 374 g/mol. The van der Waals surface area contributed by atoms with Crippen molar-refractivity contribution in [3.05, 3.63) is 82.4 Å². The topological polar surface area (TPSA) is 137 Å². The van der Waals surface area contributed by atoms with Crippen LogP contribution in [0.25, 0.3) is 22.2 Å². The third-order valence-electron chi connectivity index (χ3n) is 4.71. The van der Waals surface area contributed by atoms with Gasteiger partial charge in [-0.05, 0) is 23.8 Å². The molecule has 2 aromatic heterocycles. The number of carboxylic acid groups (broad SMARTS) is 1. The number of rotatable bonds is 6. The molecule has 0 saturated carbocycles. The lowest BCUT2D eigenvalue weighted by Gasteiger charge is -2.14. The molecule has 0 unspecified atom stereocenters. The molecule has 1 atom stereocenters. The van der Waals surface area contributed by atoms with Gasteiger partial charge < -0.3 is 20.4 Å². The van der Waals surface area contributed by atoms with Gasteiger partial charge in [-0.1, -0.05) is 18.2 Å². The molecule has 1 amide bonds. The second kappa shape index (κ2) is 7.47. The summed E-state index contributed by atoms with van der Waals surface area (Å²) in [5.74, 6) is 0.464. The first kappa shape index (κ1) is 18.2. The van der Waals surface area contributed by atoms with Crippen molar-refractivity contribution in [2.24, 2.45) is 0 Å². The molecule has 9 heteroatoms. The summed E-state index contributed by atoms with van der Waals surface area (Å²) in [4.78, 5) is 32.3. The summed E-state index contributed by atoms with van der Waals surface area (Å²) < 4.78 is 0. The molecule has 0 aliphatic heterocycles. The minimum atomic E-state index is -1.15. The van der Waals surface area contributed by atoms with Gasteiger partial charge in [-0.15, -0.1) is 0 Å². The molecule has 0 saturated heterocycles. The van der Waals surface area contributed by atoms with Gasteiger partial charge in [0.25, 0.3) is 5.69 Å². The van der Waals surface area contributed by atoms with Crippen molar-refractivity contribution in [2.75, 3.05) is 0 Å². The Morgan fingerprint density at radius 2 is 1.97 bits per heavy atom. The Morgan fingerprint density at radius 1 is 1.21 bits per heavy atom. The number of imidazole rings is 1. The van der Waals surface area contributed by atoms with Crippen LogP contribution in [-0.4, -0.2) is 31.1 Å². The molecule has 0 aliphatic carbocycles. The maximum Gasteiger partial charge on any atom is 0.405 e. The normalized spacial score (nSPS) is 12.0. The summed E-state index contributed by atoms with van der Waals surface area (Å²) in [5, 5.41) is 23.6.